The first-order chi connectivity index (χ1) is 9.10. The number of primary amides is 1. The molecule has 0 bridgehead atoms. The summed E-state index contributed by atoms with van der Waals surface area (Å²) in [5, 5.41) is 6.66. The topological polar surface area (TPSA) is 72.9 Å². The number of likely N-dealkylation sites (N-methyl/N-ethyl adjacent to an activating group) is 1. The Balaban J connectivity index is 2.87. The summed E-state index contributed by atoms with van der Waals surface area (Å²) >= 11 is 0. The second-order valence-electron chi connectivity index (χ2n) is 4.99. The highest BCUT2D eigenvalue weighted by molar-refractivity contribution is 5.84. The first kappa shape index (κ1) is 16.5. The van der Waals surface area contributed by atoms with E-state index < -0.39 is 29.2 Å². The molecule has 0 aliphatic heterocycles. The van der Waals surface area contributed by atoms with Gasteiger partial charge in [0.15, 0.2) is 0 Å². The zero-order chi connectivity index (χ0) is 15.6. The lowest BCUT2D eigenvalue weighted by Crippen LogP contribution is -2.54. The van der Waals surface area contributed by atoms with Gasteiger partial charge in [0.05, 0.1) is 23.3 Å². The smallest absolute Gasteiger partial charge is 0.368 e. The van der Waals surface area contributed by atoms with Crippen molar-refractivity contribution in [2.75, 3.05) is 6.54 Å². The number of aromatic nitrogens is 2. The third-order valence-corrected chi connectivity index (χ3v) is 3.19. The van der Waals surface area contributed by atoms with Gasteiger partial charge in [0.1, 0.15) is 0 Å². The Morgan fingerprint density at radius 2 is 2.15 bits per heavy atom. The van der Waals surface area contributed by atoms with Crippen LogP contribution in [-0.2, 0) is 11.0 Å². The van der Waals surface area contributed by atoms with Crippen molar-refractivity contribution in [1.82, 2.24) is 15.1 Å². The fourth-order valence-electron chi connectivity index (χ4n) is 2.06. The lowest BCUT2D eigenvalue weighted by molar-refractivity contribution is -0.137. The molecule has 0 saturated carbocycles. The van der Waals surface area contributed by atoms with Crippen molar-refractivity contribution in [3.8, 4) is 0 Å². The van der Waals surface area contributed by atoms with Crippen LogP contribution in [0.3, 0.4) is 0 Å². The number of amides is 1. The van der Waals surface area contributed by atoms with E-state index >= 15 is 0 Å². The fourth-order valence-corrected chi connectivity index (χ4v) is 2.06. The van der Waals surface area contributed by atoms with E-state index in [-0.39, 0.29) is 6.42 Å². The molecule has 0 fully saturated rings. The van der Waals surface area contributed by atoms with Crippen molar-refractivity contribution in [1.29, 1.82) is 0 Å². The second-order valence-corrected chi connectivity index (χ2v) is 4.99. The van der Waals surface area contributed by atoms with Crippen LogP contribution in [0.5, 0.6) is 0 Å². The minimum atomic E-state index is -4.42. The standard InChI is InChI=1S/C12H19F3N4O/c1-4-17-11(3,10(16)20)5-8(2)19-7-9(6-18-19)12(13,14)15/h6-8,17H,4-5H2,1-3H3,(H2,16,20). The number of carbonyl (C=O) groups excluding carboxylic acids is 1. The lowest BCUT2D eigenvalue weighted by atomic mass is 9.93. The summed E-state index contributed by atoms with van der Waals surface area (Å²) in [5.41, 5.74) is 3.55. The number of carbonyl (C=O) groups is 1. The van der Waals surface area contributed by atoms with E-state index in [1.54, 1.807) is 13.8 Å². The van der Waals surface area contributed by atoms with E-state index in [0.717, 1.165) is 12.4 Å². The zero-order valence-corrected chi connectivity index (χ0v) is 11.7. The third-order valence-electron chi connectivity index (χ3n) is 3.19. The molecule has 1 amide bonds. The van der Waals surface area contributed by atoms with Crippen molar-refractivity contribution in [2.45, 2.75) is 44.9 Å². The minimum Gasteiger partial charge on any atom is -0.368 e. The molecule has 1 heterocycles. The normalized spacial score (nSPS) is 16.7. The Morgan fingerprint density at radius 3 is 2.55 bits per heavy atom. The molecule has 2 unspecified atom stereocenters. The van der Waals surface area contributed by atoms with E-state index in [0.29, 0.717) is 6.54 Å². The molecule has 2 atom stereocenters. The molecule has 3 N–H and O–H groups in total. The summed E-state index contributed by atoms with van der Waals surface area (Å²) in [5.74, 6) is -0.547. The molecule has 0 saturated heterocycles. The maximum Gasteiger partial charge on any atom is 0.419 e. The van der Waals surface area contributed by atoms with Gasteiger partial charge in [-0.25, -0.2) is 0 Å². The molecule has 8 heteroatoms. The Labute approximate surface area is 115 Å². The van der Waals surface area contributed by atoms with Gasteiger partial charge in [-0.05, 0) is 26.8 Å². The van der Waals surface area contributed by atoms with Crippen molar-refractivity contribution >= 4 is 5.91 Å². The zero-order valence-electron chi connectivity index (χ0n) is 11.7. The maximum absolute atomic E-state index is 12.5. The Morgan fingerprint density at radius 1 is 1.55 bits per heavy atom. The molecule has 1 aromatic heterocycles. The first-order valence-corrected chi connectivity index (χ1v) is 6.26. The number of hydrogen-bond donors (Lipinski definition) is 2. The molecule has 0 aliphatic rings. The summed E-state index contributed by atoms with van der Waals surface area (Å²) in [6.45, 7) is 5.66. The van der Waals surface area contributed by atoms with Gasteiger partial charge in [-0.3, -0.25) is 9.48 Å². The highest BCUT2D eigenvalue weighted by Crippen LogP contribution is 2.30. The van der Waals surface area contributed by atoms with E-state index in [1.165, 1.54) is 4.68 Å². The summed E-state index contributed by atoms with van der Waals surface area (Å²) in [6.07, 6.45) is -2.48. The molecule has 1 aromatic rings. The van der Waals surface area contributed by atoms with E-state index in [1.807, 2.05) is 6.92 Å². The van der Waals surface area contributed by atoms with E-state index in [4.69, 9.17) is 5.73 Å². The average Bonchev–Trinajstić information content (AvgIpc) is 2.77. The first-order valence-electron chi connectivity index (χ1n) is 6.26. The van der Waals surface area contributed by atoms with Crippen LogP contribution >= 0.6 is 0 Å². The van der Waals surface area contributed by atoms with Crippen LogP contribution in [0.15, 0.2) is 12.4 Å². The highest BCUT2D eigenvalue weighted by Gasteiger charge is 2.35. The molecular weight excluding hydrogens is 273 g/mol. The molecular formula is C12H19F3N4O. The lowest BCUT2D eigenvalue weighted by Gasteiger charge is -2.30. The number of alkyl halides is 3. The van der Waals surface area contributed by atoms with Gasteiger partial charge in [0.2, 0.25) is 5.91 Å². The van der Waals surface area contributed by atoms with Crippen LogP contribution in [0.25, 0.3) is 0 Å². The van der Waals surface area contributed by atoms with E-state index in [2.05, 4.69) is 10.4 Å². The summed E-state index contributed by atoms with van der Waals surface area (Å²) in [4.78, 5) is 11.5. The fraction of sp³-hybridized carbons (Fsp3) is 0.667. The van der Waals surface area contributed by atoms with Gasteiger partial charge in [-0.1, -0.05) is 6.92 Å². The molecule has 0 aromatic carbocycles. The van der Waals surface area contributed by atoms with Gasteiger partial charge >= 0.3 is 6.18 Å². The Bertz CT molecular complexity index is 472. The van der Waals surface area contributed by atoms with Gasteiger partial charge in [-0.2, -0.15) is 18.3 Å². The van der Waals surface area contributed by atoms with Crippen LogP contribution < -0.4 is 11.1 Å². The van der Waals surface area contributed by atoms with Gasteiger partial charge in [0.25, 0.3) is 0 Å². The quantitative estimate of drug-likeness (QED) is 0.838. The summed E-state index contributed by atoms with van der Waals surface area (Å²) in [7, 11) is 0. The highest BCUT2D eigenvalue weighted by atomic mass is 19.4. The average molecular weight is 292 g/mol. The van der Waals surface area contributed by atoms with Crippen LogP contribution in [0.1, 0.15) is 38.8 Å². The Hall–Kier alpha value is -1.57. The summed E-state index contributed by atoms with van der Waals surface area (Å²) in [6, 6.07) is -0.400. The number of rotatable bonds is 6. The predicted molar refractivity (Wildman–Crippen MR) is 67.8 cm³/mol. The van der Waals surface area contributed by atoms with Crippen molar-refractivity contribution in [2.24, 2.45) is 5.73 Å². The SMILES string of the molecule is CCNC(C)(CC(C)n1cc(C(F)(F)F)cn1)C(N)=O. The monoisotopic (exact) mass is 292 g/mol. The van der Waals surface area contributed by atoms with Crippen LogP contribution in [-0.4, -0.2) is 27.8 Å². The van der Waals surface area contributed by atoms with Gasteiger partial charge in [0, 0.05) is 6.20 Å². The van der Waals surface area contributed by atoms with Crippen LogP contribution in [0.4, 0.5) is 13.2 Å². The third kappa shape index (κ3) is 3.72. The van der Waals surface area contributed by atoms with Gasteiger partial charge in [-0.15, -0.1) is 0 Å². The Kier molecular flexibility index (Phi) is 4.80. The molecule has 114 valence electrons. The number of nitrogens with zero attached hydrogens (tertiary/aromatic N) is 2. The van der Waals surface area contributed by atoms with E-state index in [9.17, 15) is 18.0 Å². The van der Waals surface area contributed by atoms with Crippen LogP contribution in [0.2, 0.25) is 0 Å². The summed E-state index contributed by atoms with van der Waals surface area (Å²) < 4.78 is 38.7. The second kappa shape index (κ2) is 5.82. The number of nitrogens with one attached hydrogen (secondary N) is 1. The van der Waals surface area contributed by atoms with Crippen molar-refractivity contribution in [3.63, 3.8) is 0 Å². The van der Waals surface area contributed by atoms with Crippen molar-refractivity contribution in [3.05, 3.63) is 18.0 Å². The molecule has 5 nitrogen and oxygen atoms in total. The number of hydrogen-bond acceptors (Lipinski definition) is 3. The van der Waals surface area contributed by atoms with Gasteiger partial charge < -0.3 is 11.1 Å². The van der Waals surface area contributed by atoms with Crippen molar-refractivity contribution < 1.29 is 18.0 Å². The maximum atomic E-state index is 12.5. The molecule has 0 radical (unpaired) electrons. The largest absolute Gasteiger partial charge is 0.419 e. The molecule has 1 rings (SSSR count). The number of halogens is 3. The molecule has 0 aliphatic carbocycles. The van der Waals surface area contributed by atoms with Crippen LogP contribution in [0, 0.1) is 0 Å². The number of nitrogens with two attached hydrogens (primary N) is 1. The predicted octanol–water partition coefficient (Wildman–Crippen LogP) is 1.71. The molecule has 0 spiro atoms. The molecule has 20 heavy (non-hydrogen) atoms. The minimum absolute atomic E-state index is 0.245.